The molecule has 0 amide bonds. The molecule has 0 spiro atoms. The van der Waals surface area contributed by atoms with Crippen LogP contribution in [0, 0.1) is 10.1 Å². The molecule has 28 heavy (non-hydrogen) atoms. The van der Waals surface area contributed by atoms with Gasteiger partial charge in [0.2, 0.25) is 0 Å². The minimum atomic E-state index is -0.378. The van der Waals surface area contributed by atoms with Crippen molar-refractivity contribution in [3.05, 3.63) is 39.9 Å². The molecule has 0 radical (unpaired) electrons. The number of nitrogens with zero attached hydrogens (tertiary/aromatic N) is 3. The third-order valence-electron chi connectivity index (χ3n) is 4.86. The predicted molar refractivity (Wildman–Crippen MR) is 125 cm³/mol. The minimum Gasteiger partial charge on any atom is -0.356 e. The molecule has 1 aliphatic rings. The minimum absolute atomic E-state index is 0. The Morgan fingerprint density at radius 2 is 1.89 bits per heavy atom. The van der Waals surface area contributed by atoms with Crippen LogP contribution in [0.2, 0.25) is 0 Å². The molecule has 1 fully saturated rings. The van der Waals surface area contributed by atoms with Crippen molar-refractivity contribution in [1.82, 2.24) is 15.5 Å². The lowest BCUT2D eigenvalue weighted by Gasteiger charge is -2.32. The Balaban J connectivity index is 0.00000392. The molecule has 0 atom stereocenters. The lowest BCUT2D eigenvalue weighted by atomic mass is 10.1. The maximum atomic E-state index is 10.8. The zero-order chi connectivity index (χ0) is 19.5. The summed E-state index contributed by atoms with van der Waals surface area (Å²) >= 11 is 0. The van der Waals surface area contributed by atoms with Crippen LogP contribution in [0.3, 0.4) is 0 Å². The largest absolute Gasteiger partial charge is 0.356 e. The highest BCUT2D eigenvalue weighted by Gasteiger charge is 2.19. The number of hydrogen-bond acceptors (Lipinski definition) is 4. The van der Waals surface area contributed by atoms with Crippen molar-refractivity contribution in [1.29, 1.82) is 0 Å². The molecule has 0 bridgehead atoms. The van der Waals surface area contributed by atoms with Crippen LogP contribution in [-0.2, 0) is 6.54 Å². The first-order valence-corrected chi connectivity index (χ1v) is 10.1. The SMILES string of the molecule is CCCCNC(=NCc1ccc([N+](=O)[O-])cc1)NC1CCN(CCC)CC1.I. The monoisotopic (exact) mass is 503 g/mol. The molecule has 0 aromatic heterocycles. The van der Waals surface area contributed by atoms with E-state index in [-0.39, 0.29) is 34.6 Å². The Kier molecular flexibility index (Phi) is 12.1. The first-order chi connectivity index (χ1) is 13.1. The van der Waals surface area contributed by atoms with Crippen LogP contribution >= 0.6 is 24.0 Å². The van der Waals surface area contributed by atoms with E-state index in [0.717, 1.165) is 56.8 Å². The molecular weight excluding hydrogens is 469 g/mol. The summed E-state index contributed by atoms with van der Waals surface area (Å²) in [4.78, 5) is 17.6. The molecule has 1 aromatic carbocycles. The van der Waals surface area contributed by atoms with Gasteiger partial charge in [-0.3, -0.25) is 10.1 Å². The van der Waals surface area contributed by atoms with Gasteiger partial charge >= 0.3 is 0 Å². The van der Waals surface area contributed by atoms with E-state index in [1.807, 2.05) is 0 Å². The van der Waals surface area contributed by atoms with Gasteiger partial charge in [-0.2, -0.15) is 0 Å². The second kappa shape index (κ2) is 13.7. The van der Waals surface area contributed by atoms with Crippen LogP contribution in [0.25, 0.3) is 0 Å². The summed E-state index contributed by atoms with van der Waals surface area (Å²) < 4.78 is 0. The number of piperidine rings is 1. The smallest absolute Gasteiger partial charge is 0.269 e. The van der Waals surface area contributed by atoms with Gasteiger partial charge in [0.05, 0.1) is 11.5 Å². The molecule has 1 aromatic rings. The zero-order valence-corrected chi connectivity index (χ0v) is 19.4. The number of likely N-dealkylation sites (tertiary alicyclic amines) is 1. The normalized spacial score (nSPS) is 15.7. The number of rotatable bonds is 9. The number of guanidine groups is 1. The summed E-state index contributed by atoms with van der Waals surface area (Å²) in [6.07, 6.45) is 5.71. The molecule has 0 saturated carbocycles. The van der Waals surface area contributed by atoms with Crippen molar-refractivity contribution in [2.75, 3.05) is 26.2 Å². The highest BCUT2D eigenvalue weighted by molar-refractivity contribution is 14.0. The van der Waals surface area contributed by atoms with E-state index in [4.69, 9.17) is 4.99 Å². The topological polar surface area (TPSA) is 82.8 Å². The highest BCUT2D eigenvalue weighted by Crippen LogP contribution is 2.13. The fraction of sp³-hybridized carbons (Fsp3) is 0.650. The summed E-state index contributed by atoms with van der Waals surface area (Å²) in [5.41, 5.74) is 1.08. The number of nitro groups is 1. The highest BCUT2D eigenvalue weighted by atomic mass is 127. The fourth-order valence-corrected chi connectivity index (χ4v) is 3.24. The molecule has 1 heterocycles. The van der Waals surface area contributed by atoms with Crippen molar-refractivity contribution >= 4 is 35.6 Å². The first kappa shape index (κ1) is 24.6. The van der Waals surface area contributed by atoms with Gasteiger partial charge in [-0.1, -0.05) is 32.4 Å². The van der Waals surface area contributed by atoms with Gasteiger partial charge < -0.3 is 15.5 Å². The summed E-state index contributed by atoms with van der Waals surface area (Å²) in [6, 6.07) is 7.06. The second-order valence-electron chi connectivity index (χ2n) is 7.13. The number of nitro benzene ring substituents is 1. The van der Waals surface area contributed by atoms with Crippen LogP contribution in [0.15, 0.2) is 29.3 Å². The third-order valence-corrected chi connectivity index (χ3v) is 4.86. The Labute approximate surface area is 185 Å². The van der Waals surface area contributed by atoms with Crippen molar-refractivity contribution in [2.45, 2.75) is 58.5 Å². The predicted octanol–water partition coefficient (Wildman–Crippen LogP) is 3.92. The van der Waals surface area contributed by atoms with Gasteiger partial charge in [0.15, 0.2) is 5.96 Å². The Morgan fingerprint density at radius 3 is 2.46 bits per heavy atom. The number of aliphatic imine (C=N–C) groups is 1. The van der Waals surface area contributed by atoms with Gasteiger partial charge in [0.1, 0.15) is 0 Å². The molecule has 0 aliphatic carbocycles. The van der Waals surface area contributed by atoms with Gasteiger partial charge in [0.25, 0.3) is 5.69 Å². The van der Waals surface area contributed by atoms with Crippen molar-refractivity contribution in [3.63, 3.8) is 0 Å². The van der Waals surface area contributed by atoms with Crippen LogP contribution in [0.1, 0.15) is 51.5 Å². The quantitative estimate of drug-likeness (QED) is 0.133. The maximum Gasteiger partial charge on any atom is 0.269 e. The maximum absolute atomic E-state index is 10.8. The van der Waals surface area contributed by atoms with Crippen LogP contribution in [0.4, 0.5) is 5.69 Å². The van der Waals surface area contributed by atoms with Gasteiger partial charge in [-0.15, -0.1) is 24.0 Å². The molecule has 8 heteroatoms. The molecule has 2 rings (SSSR count). The molecule has 158 valence electrons. The Morgan fingerprint density at radius 1 is 1.21 bits per heavy atom. The average molecular weight is 503 g/mol. The lowest BCUT2D eigenvalue weighted by Crippen LogP contribution is -2.49. The van der Waals surface area contributed by atoms with Gasteiger partial charge in [-0.25, -0.2) is 4.99 Å². The Hall–Kier alpha value is -1.42. The number of unbranched alkanes of at least 4 members (excludes halogenated alkanes) is 1. The molecule has 1 aliphatic heterocycles. The summed E-state index contributed by atoms with van der Waals surface area (Å²) in [7, 11) is 0. The van der Waals surface area contributed by atoms with Crippen molar-refractivity contribution in [3.8, 4) is 0 Å². The van der Waals surface area contributed by atoms with Gasteiger partial charge in [0, 0.05) is 37.8 Å². The van der Waals surface area contributed by atoms with Gasteiger partial charge in [-0.05, 0) is 37.8 Å². The fourth-order valence-electron chi connectivity index (χ4n) is 3.24. The molecular formula is C20H34IN5O2. The summed E-state index contributed by atoms with van der Waals surface area (Å²) in [5.74, 6) is 0.843. The second-order valence-corrected chi connectivity index (χ2v) is 7.13. The van der Waals surface area contributed by atoms with Crippen LogP contribution in [0.5, 0.6) is 0 Å². The van der Waals surface area contributed by atoms with E-state index in [9.17, 15) is 10.1 Å². The first-order valence-electron chi connectivity index (χ1n) is 10.1. The molecule has 2 N–H and O–H groups in total. The van der Waals surface area contributed by atoms with Crippen molar-refractivity contribution in [2.24, 2.45) is 4.99 Å². The number of nitrogens with one attached hydrogen (secondary N) is 2. The third kappa shape index (κ3) is 8.72. The average Bonchev–Trinajstić information content (AvgIpc) is 2.68. The zero-order valence-electron chi connectivity index (χ0n) is 17.0. The number of non-ortho nitro benzene ring substituents is 1. The molecule has 7 nitrogen and oxygen atoms in total. The van der Waals surface area contributed by atoms with E-state index in [1.54, 1.807) is 12.1 Å². The summed E-state index contributed by atoms with van der Waals surface area (Å²) in [5, 5.41) is 17.8. The van der Waals surface area contributed by atoms with E-state index in [2.05, 4.69) is 29.4 Å². The van der Waals surface area contributed by atoms with E-state index < -0.39 is 0 Å². The van der Waals surface area contributed by atoms with Crippen molar-refractivity contribution < 1.29 is 4.92 Å². The standard InChI is InChI=1S/C20H33N5O2.HI/c1-3-5-12-21-20(23-18-10-14-24(13-4-2)15-11-18)22-16-17-6-8-19(9-7-17)25(26)27;/h6-9,18H,3-5,10-16H2,1-2H3,(H2,21,22,23);1H. The summed E-state index contributed by atoms with van der Waals surface area (Å²) in [6.45, 7) is 9.26. The number of halogens is 1. The van der Waals surface area contributed by atoms with E-state index in [1.165, 1.54) is 25.1 Å². The Bertz CT molecular complexity index is 601. The van der Waals surface area contributed by atoms with E-state index >= 15 is 0 Å². The molecule has 1 saturated heterocycles. The lowest BCUT2D eigenvalue weighted by molar-refractivity contribution is -0.384. The molecule has 0 unspecified atom stereocenters. The van der Waals surface area contributed by atoms with Crippen LogP contribution < -0.4 is 10.6 Å². The van der Waals surface area contributed by atoms with Crippen LogP contribution in [-0.4, -0.2) is 48.0 Å². The number of benzene rings is 1. The number of hydrogen-bond donors (Lipinski definition) is 2. The van der Waals surface area contributed by atoms with E-state index in [0.29, 0.717) is 12.6 Å².